The van der Waals surface area contributed by atoms with Crippen molar-refractivity contribution in [3.8, 4) is 5.75 Å². The smallest absolute Gasteiger partial charge is 0.148 e. The number of ether oxygens (including phenoxy) is 1. The molecule has 2 aromatic rings. The Bertz CT molecular complexity index is 597. The quantitative estimate of drug-likeness (QED) is 0.771. The number of rotatable bonds is 3. The fourth-order valence-electron chi connectivity index (χ4n) is 1.52. The van der Waals surface area contributed by atoms with Gasteiger partial charge >= 0.3 is 0 Å². The monoisotopic (exact) mass is 391 g/mol. The molecule has 0 bridgehead atoms. The first kappa shape index (κ1) is 14.3. The van der Waals surface area contributed by atoms with Crippen LogP contribution in [0.2, 0.25) is 0 Å². The van der Waals surface area contributed by atoms with Crippen molar-refractivity contribution in [2.24, 2.45) is 0 Å². The molecule has 0 aliphatic carbocycles. The molecule has 2 N–H and O–H groups in total. The molecule has 0 atom stereocenters. The Morgan fingerprint density at radius 3 is 2.32 bits per heavy atom. The average Bonchev–Trinajstić information content (AvgIpc) is 2.32. The second-order valence-corrected chi connectivity index (χ2v) is 5.55. The highest BCUT2D eigenvalue weighted by Gasteiger charge is 2.10. The molecule has 2 nitrogen and oxygen atoms in total. The van der Waals surface area contributed by atoms with Gasteiger partial charge < -0.3 is 10.5 Å². The summed E-state index contributed by atoms with van der Waals surface area (Å²) in [5, 5.41) is 0. The predicted octanol–water partition coefficient (Wildman–Crippen LogP) is 4.65. The SMILES string of the molecule is Nc1cc(Br)c(OCc2cc(F)ccc2F)c(Br)c1. The van der Waals surface area contributed by atoms with Gasteiger partial charge in [0.25, 0.3) is 0 Å². The van der Waals surface area contributed by atoms with E-state index in [1.807, 2.05) is 0 Å². The maximum atomic E-state index is 13.4. The summed E-state index contributed by atoms with van der Waals surface area (Å²) in [6.45, 7) is -0.0787. The highest BCUT2D eigenvalue weighted by Crippen LogP contribution is 2.36. The number of hydrogen-bond acceptors (Lipinski definition) is 2. The molecule has 0 fully saturated rings. The molecule has 0 saturated heterocycles. The van der Waals surface area contributed by atoms with E-state index in [2.05, 4.69) is 31.9 Å². The first-order valence-corrected chi connectivity index (χ1v) is 6.87. The zero-order chi connectivity index (χ0) is 14.0. The molecule has 0 amide bonds. The Morgan fingerprint density at radius 2 is 1.68 bits per heavy atom. The molecule has 19 heavy (non-hydrogen) atoms. The van der Waals surface area contributed by atoms with Crippen molar-refractivity contribution in [3.05, 3.63) is 56.5 Å². The van der Waals surface area contributed by atoms with Gasteiger partial charge in [0.2, 0.25) is 0 Å². The van der Waals surface area contributed by atoms with Gasteiger partial charge in [0.05, 0.1) is 8.95 Å². The summed E-state index contributed by atoms with van der Waals surface area (Å²) in [5.41, 5.74) is 6.36. The normalized spacial score (nSPS) is 10.5. The lowest BCUT2D eigenvalue weighted by Crippen LogP contribution is -2.01. The standard InChI is InChI=1S/C13H9Br2F2NO/c14-10-4-9(18)5-11(15)13(10)19-6-7-3-8(16)1-2-12(7)17/h1-5H,6,18H2. The molecular formula is C13H9Br2F2NO. The van der Waals surface area contributed by atoms with E-state index in [4.69, 9.17) is 10.5 Å². The molecule has 6 heteroatoms. The third-order valence-corrected chi connectivity index (χ3v) is 3.58. The second kappa shape index (κ2) is 5.88. The van der Waals surface area contributed by atoms with Crippen LogP contribution in [0, 0.1) is 11.6 Å². The molecule has 0 spiro atoms. The van der Waals surface area contributed by atoms with Gasteiger partial charge in [-0.1, -0.05) is 0 Å². The van der Waals surface area contributed by atoms with Gasteiger partial charge in [-0.2, -0.15) is 0 Å². The van der Waals surface area contributed by atoms with Crippen LogP contribution >= 0.6 is 31.9 Å². The van der Waals surface area contributed by atoms with Crippen molar-refractivity contribution in [1.29, 1.82) is 0 Å². The molecule has 0 aromatic heterocycles. The molecule has 0 unspecified atom stereocenters. The van der Waals surface area contributed by atoms with Gasteiger partial charge in [0.15, 0.2) is 0 Å². The van der Waals surface area contributed by atoms with Crippen molar-refractivity contribution in [2.75, 3.05) is 5.73 Å². The first-order valence-electron chi connectivity index (χ1n) is 5.28. The number of nitrogen functional groups attached to an aromatic ring is 1. The molecule has 0 aliphatic heterocycles. The van der Waals surface area contributed by atoms with Crippen molar-refractivity contribution in [3.63, 3.8) is 0 Å². The van der Waals surface area contributed by atoms with Gasteiger partial charge in [-0.05, 0) is 62.2 Å². The Balaban J connectivity index is 2.21. The fraction of sp³-hybridized carbons (Fsp3) is 0.0769. The van der Waals surface area contributed by atoms with E-state index < -0.39 is 11.6 Å². The highest BCUT2D eigenvalue weighted by atomic mass is 79.9. The summed E-state index contributed by atoms with van der Waals surface area (Å²) in [6.07, 6.45) is 0. The summed E-state index contributed by atoms with van der Waals surface area (Å²) in [5.74, 6) is -0.530. The third kappa shape index (κ3) is 3.45. The van der Waals surface area contributed by atoms with Crippen LogP contribution in [0.15, 0.2) is 39.3 Å². The topological polar surface area (TPSA) is 35.2 Å². The van der Waals surface area contributed by atoms with E-state index in [1.165, 1.54) is 0 Å². The number of hydrogen-bond donors (Lipinski definition) is 1. The maximum Gasteiger partial charge on any atom is 0.148 e. The number of nitrogens with two attached hydrogens (primary N) is 1. The average molecular weight is 393 g/mol. The molecule has 0 saturated carbocycles. The van der Waals surface area contributed by atoms with Gasteiger partial charge in [-0.25, -0.2) is 8.78 Å². The van der Waals surface area contributed by atoms with E-state index in [0.29, 0.717) is 20.4 Å². The lowest BCUT2D eigenvalue weighted by Gasteiger charge is -2.11. The Morgan fingerprint density at radius 1 is 1.05 bits per heavy atom. The van der Waals surface area contributed by atoms with Crippen LogP contribution in [0.1, 0.15) is 5.56 Å². The zero-order valence-corrected chi connectivity index (χ0v) is 12.8. The molecule has 0 heterocycles. The third-order valence-electron chi connectivity index (χ3n) is 2.40. The summed E-state index contributed by atoms with van der Waals surface area (Å²) < 4.78 is 33.2. The highest BCUT2D eigenvalue weighted by molar-refractivity contribution is 9.11. The van der Waals surface area contributed by atoms with Crippen molar-refractivity contribution in [1.82, 2.24) is 0 Å². The minimum Gasteiger partial charge on any atom is -0.486 e. The molecular weight excluding hydrogens is 384 g/mol. The largest absolute Gasteiger partial charge is 0.486 e. The van der Waals surface area contributed by atoms with Gasteiger partial charge in [0, 0.05) is 11.3 Å². The van der Waals surface area contributed by atoms with Crippen molar-refractivity contribution < 1.29 is 13.5 Å². The van der Waals surface area contributed by atoms with Gasteiger partial charge in [-0.3, -0.25) is 0 Å². The van der Waals surface area contributed by atoms with Crippen LogP contribution < -0.4 is 10.5 Å². The van der Waals surface area contributed by atoms with Crippen LogP contribution in [0.4, 0.5) is 14.5 Å². The maximum absolute atomic E-state index is 13.4. The first-order chi connectivity index (χ1) is 8.97. The van der Waals surface area contributed by atoms with Crippen molar-refractivity contribution in [2.45, 2.75) is 6.61 Å². The molecule has 2 aromatic carbocycles. The molecule has 100 valence electrons. The molecule has 0 radical (unpaired) electrons. The Kier molecular flexibility index (Phi) is 4.42. The van der Waals surface area contributed by atoms with E-state index in [-0.39, 0.29) is 12.2 Å². The molecule has 0 aliphatic rings. The van der Waals surface area contributed by atoms with Gasteiger partial charge in [-0.15, -0.1) is 0 Å². The lowest BCUT2D eigenvalue weighted by atomic mass is 10.2. The predicted molar refractivity (Wildman–Crippen MR) is 76.9 cm³/mol. The summed E-state index contributed by atoms with van der Waals surface area (Å²) >= 11 is 6.60. The van der Waals surface area contributed by atoms with E-state index in [1.54, 1.807) is 12.1 Å². The van der Waals surface area contributed by atoms with Crippen LogP contribution in [0.25, 0.3) is 0 Å². The Hall–Kier alpha value is -1.14. The lowest BCUT2D eigenvalue weighted by molar-refractivity contribution is 0.295. The summed E-state index contributed by atoms with van der Waals surface area (Å²) in [7, 11) is 0. The van der Waals surface area contributed by atoms with Crippen LogP contribution in [0.3, 0.4) is 0 Å². The summed E-state index contributed by atoms with van der Waals surface area (Å²) in [6, 6.07) is 6.58. The minimum atomic E-state index is -0.510. The van der Waals surface area contributed by atoms with E-state index in [0.717, 1.165) is 18.2 Å². The van der Waals surface area contributed by atoms with E-state index in [9.17, 15) is 8.78 Å². The summed E-state index contributed by atoms with van der Waals surface area (Å²) in [4.78, 5) is 0. The van der Waals surface area contributed by atoms with E-state index >= 15 is 0 Å². The number of anilines is 1. The van der Waals surface area contributed by atoms with Crippen LogP contribution in [-0.4, -0.2) is 0 Å². The van der Waals surface area contributed by atoms with Gasteiger partial charge in [0.1, 0.15) is 24.0 Å². The zero-order valence-electron chi connectivity index (χ0n) is 9.59. The second-order valence-electron chi connectivity index (χ2n) is 3.84. The fourth-order valence-corrected chi connectivity index (χ4v) is 2.97. The van der Waals surface area contributed by atoms with Crippen LogP contribution in [0.5, 0.6) is 5.75 Å². The number of benzene rings is 2. The Labute approximate surface area is 125 Å². The van der Waals surface area contributed by atoms with Crippen molar-refractivity contribution >= 4 is 37.5 Å². The van der Waals surface area contributed by atoms with Crippen LogP contribution in [-0.2, 0) is 6.61 Å². The minimum absolute atomic E-state index is 0.0787. The number of halogens is 4. The molecule has 2 rings (SSSR count).